The van der Waals surface area contributed by atoms with Gasteiger partial charge in [-0.2, -0.15) is 0 Å². The molecule has 1 aromatic carbocycles. The summed E-state index contributed by atoms with van der Waals surface area (Å²) in [4.78, 5) is 36.2. The molecule has 2 saturated heterocycles. The number of amides is 2. The first-order chi connectivity index (χ1) is 16.0. The van der Waals surface area contributed by atoms with E-state index in [1.54, 1.807) is 12.1 Å². The molecule has 2 aliphatic heterocycles. The van der Waals surface area contributed by atoms with Gasteiger partial charge in [0, 0.05) is 45.5 Å². The Labute approximate surface area is 200 Å². The summed E-state index contributed by atoms with van der Waals surface area (Å²) in [5, 5.41) is 3.40. The highest BCUT2D eigenvalue weighted by Crippen LogP contribution is 2.19. The number of halogens is 1. The van der Waals surface area contributed by atoms with E-state index in [0.717, 1.165) is 52.1 Å². The molecule has 176 valence electrons. The molecule has 8 heteroatoms. The van der Waals surface area contributed by atoms with Gasteiger partial charge in [0.25, 0.3) is 0 Å². The van der Waals surface area contributed by atoms with Crippen LogP contribution >= 0.6 is 11.6 Å². The molecule has 0 bridgehead atoms. The smallest absolute Gasteiger partial charge is 0.236 e. The highest BCUT2D eigenvalue weighted by atomic mass is 35.5. The number of nitrogens with one attached hydrogen (secondary N) is 1. The Bertz CT molecular complexity index is 960. The van der Waals surface area contributed by atoms with Crippen LogP contribution in [0.3, 0.4) is 0 Å². The average molecular weight is 470 g/mol. The number of benzene rings is 1. The first kappa shape index (κ1) is 23.7. The molecule has 0 saturated carbocycles. The van der Waals surface area contributed by atoms with Gasteiger partial charge in [-0.15, -0.1) is 0 Å². The number of aryl methyl sites for hydroxylation is 1. The molecule has 0 radical (unpaired) electrons. The van der Waals surface area contributed by atoms with E-state index in [4.69, 9.17) is 11.6 Å². The standard InChI is InChI=1S/C25H32ClN5O2/c1-19-5-2-3-6-20(19)16-29-11-13-31(14-12-29)24(32)18-30-10-4-7-21(17-30)25(33)28-23-9-8-22(26)15-27-23/h2-3,5-6,8-9,15,21H,4,7,10-14,16-18H2,1H3,(H,27,28,33)/t21-/m1/s1. The Morgan fingerprint density at radius 1 is 1.06 bits per heavy atom. The van der Waals surface area contributed by atoms with E-state index >= 15 is 0 Å². The number of piperazine rings is 1. The number of rotatable bonds is 6. The predicted molar refractivity (Wildman–Crippen MR) is 130 cm³/mol. The van der Waals surface area contributed by atoms with Crippen molar-refractivity contribution in [1.82, 2.24) is 19.7 Å². The number of nitrogens with zero attached hydrogens (tertiary/aromatic N) is 4. The first-order valence-corrected chi connectivity index (χ1v) is 12.0. The van der Waals surface area contributed by atoms with Gasteiger partial charge in [0.05, 0.1) is 17.5 Å². The largest absolute Gasteiger partial charge is 0.339 e. The Morgan fingerprint density at radius 3 is 2.58 bits per heavy atom. The summed E-state index contributed by atoms with van der Waals surface area (Å²) in [6.07, 6.45) is 3.25. The van der Waals surface area contributed by atoms with Crippen molar-refractivity contribution in [3.05, 3.63) is 58.7 Å². The van der Waals surface area contributed by atoms with Crippen LogP contribution in [0.2, 0.25) is 5.02 Å². The third-order valence-corrected chi connectivity index (χ3v) is 6.82. The van der Waals surface area contributed by atoms with E-state index in [-0.39, 0.29) is 17.7 Å². The zero-order chi connectivity index (χ0) is 23.2. The number of aromatic nitrogens is 1. The topological polar surface area (TPSA) is 68.8 Å². The molecule has 4 rings (SSSR count). The second-order valence-corrected chi connectivity index (χ2v) is 9.45. The lowest BCUT2D eigenvalue weighted by Crippen LogP contribution is -2.52. The quantitative estimate of drug-likeness (QED) is 0.704. The van der Waals surface area contributed by atoms with Crippen LogP contribution in [0.15, 0.2) is 42.6 Å². The van der Waals surface area contributed by atoms with Crippen molar-refractivity contribution in [3.63, 3.8) is 0 Å². The van der Waals surface area contributed by atoms with Gasteiger partial charge in [-0.1, -0.05) is 35.9 Å². The summed E-state index contributed by atoms with van der Waals surface area (Å²) in [5.41, 5.74) is 2.66. The summed E-state index contributed by atoms with van der Waals surface area (Å²) in [7, 11) is 0. The normalized spacial score (nSPS) is 19.9. The third-order valence-electron chi connectivity index (χ3n) is 6.59. The van der Waals surface area contributed by atoms with Gasteiger partial charge in [0.15, 0.2) is 0 Å². The van der Waals surface area contributed by atoms with Gasteiger partial charge in [0.1, 0.15) is 5.82 Å². The van der Waals surface area contributed by atoms with Crippen LogP contribution in [0.1, 0.15) is 24.0 Å². The van der Waals surface area contributed by atoms with Gasteiger partial charge in [0.2, 0.25) is 11.8 Å². The number of likely N-dealkylation sites (tertiary alicyclic amines) is 1. The molecule has 0 unspecified atom stereocenters. The number of carbonyl (C=O) groups is 2. The molecule has 33 heavy (non-hydrogen) atoms. The summed E-state index contributed by atoms with van der Waals surface area (Å²) in [6.45, 7) is 8.18. The Balaban J connectivity index is 1.22. The van der Waals surface area contributed by atoms with Crippen molar-refractivity contribution < 1.29 is 9.59 Å². The molecule has 2 fully saturated rings. The summed E-state index contributed by atoms with van der Waals surface area (Å²) in [5.74, 6) is 0.467. The van der Waals surface area contributed by atoms with Crippen molar-refractivity contribution in [1.29, 1.82) is 0 Å². The molecule has 0 aliphatic carbocycles. The fraction of sp³-hybridized carbons (Fsp3) is 0.480. The number of hydrogen-bond acceptors (Lipinski definition) is 5. The maximum atomic E-state index is 12.9. The lowest BCUT2D eigenvalue weighted by atomic mass is 9.97. The fourth-order valence-electron chi connectivity index (χ4n) is 4.57. The second kappa shape index (κ2) is 11.1. The Morgan fingerprint density at radius 2 is 1.85 bits per heavy atom. The van der Waals surface area contributed by atoms with E-state index in [1.165, 1.54) is 17.3 Å². The molecule has 2 aliphatic rings. The minimum absolute atomic E-state index is 0.0493. The highest BCUT2D eigenvalue weighted by Gasteiger charge is 2.29. The van der Waals surface area contributed by atoms with Gasteiger partial charge >= 0.3 is 0 Å². The molecule has 1 N–H and O–H groups in total. The van der Waals surface area contributed by atoms with Crippen molar-refractivity contribution in [3.8, 4) is 0 Å². The van der Waals surface area contributed by atoms with Crippen LogP contribution in [0, 0.1) is 12.8 Å². The molecular weight excluding hydrogens is 438 g/mol. The van der Waals surface area contributed by atoms with Crippen molar-refractivity contribution >= 4 is 29.2 Å². The molecule has 7 nitrogen and oxygen atoms in total. The highest BCUT2D eigenvalue weighted by molar-refractivity contribution is 6.30. The zero-order valence-corrected chi connectivity index (χ0v) is 19.9. The van der Waals surface area contributed by atoms with E-state index < -0.39 is 0 Å². The Hall–Kier alpha value is -2.48. The molecule has 2 aromatic rings. The number of hydrogen-bond donors (Lipinski definition) is 1. The summed E-state index contributed by atoms with van der Waals surface area (Å²) < 4.78 is 0. The van der Waals surface area contributed by atoms with Gasteiger partial charge in [-0.25, -0.2) is 4.98 Å². The minimum atomic E-state index is -0.144. The summed E-state index contributed by atoms with van der Waals surface area (Å²) >= 11 is 5.86. The molecule has 1 aromatic heterocycles. The van der Waals surface area contributed by atoms with E-state index in [1.807, 2.05) is 4.90 Å². The van der Waals surface area contributed by atoms with Crippen LogP contribution in [-0.4, -0.2) is 77.3 Å². The number of carbonyl (C=O) groups excluding carboxylic acids is 2. The molecule has 1 atom stereocenters. The maximum Gasteiger partial charge on any atom is 0.236 e. The van der Waals surface area contributed by atoms with E-state index in [0.29, 0.717) is 23.9 Å². The lowest BCUT2D eigenvalue weighted by molar-refractivity contribution is -0.135. The minimum Gasteiger partial charge on any atom is -0.339 e. The second-order valence-electron chi connectivity index (χ2n) is 9.01. The van der Waals surface area contributed by atoms with Gasteiger partial charge < -0.3 is 10.2 Å². The van der Waals surface area contributed by atoms with Crippen LogP contribution < -0.4 is 5.32 Å². The van der Waals surface area contributed by atoms with Crippen molar-refractivity contribution in [2.75, 3.05) is 51.1 Å². The first-order valence-electron chi connectivity index (χ1n) is 11.7. The fourth-order valence-corrected chi connectivity index (χ4v) is 4.68. The third kappa shape index (κ3) is 6.53. The van der Waals surface area contributed by atoms with Crippen LogP contribution in [0.4, 0.5) is 5.82 Å². The lowest BCUT2D eigenvalue weighted by Gasteiger charge is -2.37. The molecular formula is C25H32ClN5O2. The van der Waals surface area contributed by atoms with Crippen LogP contribution in [0.5, 0.6) is 0 Å². The monoisotopic (exact) mass is 469 g/mol. The van der Waals surface area contributed by atoms with E-state index in [2.05, 4.69) is 51.3 Å². The molecule has 2 amide bonds. The Kier molecular flexibility index (Phi) is 7.96. The predicted octanol–water partition coefficient (Wildman–Crippen LogP) is 3.04. The average Bonchev–Trinajstić information content (AvgIpc) is 2.82. The van der Waals surface area contributed by atoms with Gasteiger partial charge in [-0.05, 0) is 49.6 Å². The van der Waals surface area contributed by atoms with E-state index in [9.17, 15) is 9.59 Å². The SMILES string of the molecule is Cc1ccccc1CN1CCN(C(=O)CN2CCC[C@@H](C(=O)Nc3ccc(Cl)cn3)C2)CC1. The number of pyridine rings is 1. The van der Waals surface area contributed by atoms with Crippen LogP contribution in [-0.2, 0) is 16.1 Å². The van der Waals surface area contributed by atoms with Gasteiger partial charge in [-0.3, -0.25) is 19.4 Å². The van der Waals surface area contributed by atoms with Crippen LogP contribution in [0.25, 0.3) is 0 Å². The molecule has 0 spiro atoms. The van der Waals surface area contributed by atoms with Crippen molar-refractivity contribution in [2.24, 2.45) is 5.92 Å². The summed E-state index contributed by atoms with van der Waals surface area (Å²) in [6, 6.07) is 11.9. The maximum absolute atomic E-state index is 12.9. The number of anilines is 1. The molecule has 3 heterocycles. The van der Waals surface area contributed by atoms with Crippen molar-refractivity contribution in [2.45, 2.75) is 26.3 Å². The zero-order valence-electron chi connectivity index (χ0n) is 19.2. The number of piperidine rings is 1.